The highest BCUT2D eigenvalue weighted by molar-refractivity contribution is 9.10. The number of nitrogens with one attached hydrogen (secondary N) is 1. The van der Waals surface area contributed by atoms with Crippen LogP contribution in [0.25, 0.3) is 0 Å². The van der Waals surface area contributed by atoms with E-state index in [1.807, 2.05) is 26.1 Å². The van der Waals surface area contributed by atoms with Crippen molar-refractivity contribution in [1.29, 1.82) is 0 Å². The van der Waals surface area contributed by atoms with Gasteiger partial charge in [-0.15, -0.1) is 0 Å². The molecule has 2 N–H and O–H groups in total. The summed E-state index contributed by atoms with van der Waals surface area (Å²) in [6, 6.07) is 5.64. The van der Waals surface area contributed by atoms with E-state index in [4.69, 9.17) is 9.84 Å². The van der Waals surface area contributed by atoms with Gasteiger partial charge in [0.1, 0.15) is 5.75 Å². The maximum atomic E-state index is 11.0. The predicted octanol–water partition coefficient (Wildman–Crippen LogP) is 2.80. The van der Waals surface area contributed by atoms with E-state index < -0.39 is 12.1 Å². The minimum atomic E-state index is -0.928. The highest BCUT2D eigenvalue weighted by Crippen LogP contribution is 2.27. The molecule has 18 heavy (non-hydrogen) atoms. The lowest BCUT2D eigenvalue weighted by Gasteiger charge is -2.16. The predicted molar refractivity (Wildman–Crippen MR) is 73.9 cm³/mol. The van der Waals surface area contributed by atoms with E-state index in [2.05, 4.69) is 21.2 Å². The van der Waals surface area contributed by atoms with Gasteiger partial charge in [0, 0.05) is 6.54 Å². The Morgan fingerprint density at radius 1 is 1.56 bits per heavy atom. The molecule has 0 aliphatic carbocycles. The molecule has 4 nitrogen and oxygen atoms in total. The first-order valence-electron chi connectivity index (χ1n) is 5.91. The van der Waals surface area contributed by atoms with E-state index in [1.165, 1.54) is 0 Å². The molecule has 1 aromatic rings. The number of carboxylic acids is 1. The molecule has 0 aromatic heterocycles. The van der Waals surface area contributed by atoms with Gasteiger partial charge in [-0.05, 0) is 47.1 Å². The number of aliphatic carboxylic acids is 1. The molecule has 5 heteroatoms. The summed E-state index contributed by atoms with van der Waals surface area (Å²) in [4.78, 5) is 11.0. The zero-order valence-corrected chi connectivity index (χ0v) is 12.2. The average Bonchev–Trinajstić information content (AvgIpc) is 2.31. The van der Waals surface area contributed by atoms with Gasteiger partial charge in [-0.25, -0.2) is 4.79 Å². The molecule has 0 amide bonds. The Hall–Kier alpha value is -1.07. The molecule has 1 unspecified atom stereocenters. The molecule has 100 valence electrons. The first-order chi connectivity index (χ1) is 8.58. The topological polar surface area (TPSA) is 58.6 Å². The molecule has 0 aliphatic rings. The van der Waals surface area contributed by atoms with E-state index in [0.717, 1.165) is 23.0 Å². The standard InChI is InChI=1S/C13H18BrNO3/c1-3-4-12(13(16)17)18-11-6-5-9(8-15-2)7-10(11)14/h5-7,12,15H,3-4,8H2,1-2H3,(H,16,17). The molecule has 0 aliphatic heterocycles. The molecule has 0 saturated heterocycles. The Labute approximate surface area is 115 Å². The van der Waals surface area contributed by atoms with E-state index >= 15 is 0 Å². The van der Waals surface area contributed by atoms with Crippen molar-refractivity contribution in [3.63, 3.8) is 0 Å². The number of halogens is 1. The normalized spacial score (nSPS) is 12.2. The van der Waals surface area contributed by atoms with Gasteiger partial charge in [0.25, 0.3) is 0 Å². The Kier molecular flexibility index (Phi) is 6.15. The maximum absolute atomic E-state index is 11.0. The summed E-state index contributed by atoms with van der Waals surface area (Å²) in [5, 5.41) is 12.1. The molecule has 1 aromatic carbocycles. The van der Waals surface area contributed by atoms with Crippen LogP contribution < -0.4 is 10.1 Å². The van der Waals surface area contributed by atoms with Gasteiger partial charge in [-0.3, -0.25) is 0 Å². The van der Waals surface area contributed by atoms with Crippen LogP contribution in [0.3, 0.4) is 0 Å². The molecule has 0 fully saturated rings. The SMILES string of the molecule is CCCC(Oc1ccc(CNC)cc1Br)C(=O)O. The largest absolute Gasteiger partial charge is 0.479 e. The van der Waals surface area contributed by atoms with Gasteiger partial charge in [0.05, 0.1) is 4.47 Å². The van der Waals surface area contributed by atoms with Crippen molar-refractivity contribution in [2.75, 3.05) is 7.05 Å². The van der Waals surface area contributed by atoms with Gasteiger partial charge in [-0.2, -0.15) is 0 Å². The lowest BCUT2D eigenvalue weighted by atomic mass is 10.2. The lowest BCUT2D eigenvalue weighted by Crippen LogP contribution is -2.26. The average molecular weight is 316 g/mol. The van der Waals surface area contributed by atoms with Crippen LogP contribution in [0.4, 0.5) is 0 Å². The van der Waals surface area contributed by atoms with E-state index in [1.54, 1.807) is 6.07 Å². The summed E-state index contributed by atoms with van der Waals surface area (Å²) in [5.74, 6) is -0.362. The van der Waals surface area contributed by atoms with Crippen molar-refractivity contribution in [2.24, 2.45) is 0 Å². The minimum Gasteiger partial charge on any atom is -0.479 e. The number of benzene rings is 1. The Morgan fingerprint density at radius 3 is 2.78 bits per heavy atom. The molecular weight excluding hydrogens is 298 g/mol. The van der Waals surface area contributed by atoms with Crippen molar-refractivity contribution in [3.05, 3.63) is 28.2 Å². The van der Waals surface area contributed by atoms with E-state index in [0.29, 0.717) is 12.2 Å². The fourth-order valence-corrected chi connectivity index (χ4v) is 2.12. The minimum absolute atomic E-state index is 0.500. The van der Waals surface area contributed by atoms with Gasteiger partial charge < -0.3 is 15.2 Å². The molecule has 1 atom stereocenters. The Morgan fingerprint density at radius 2 is 2.28 bits per heavy atom. The first-order valence-corrected chi connectivity index (χ1v) is 6.70. The fraction of sp³-hybridized carbons (Fsp3) is 0.462. The summed E-state index contributed by atoms with van der Waals surface area (Å²) in [7, 11) is 1.88. The third kappa shape index (κ3) is 4.31. The van der Waals surface area contributed by atoms with Crippen LogP contribution in [0, 0.1) is 0 Å². The van der Waals surface area contributed by atoms with E-state index in [-0.39, 0.29) is 0 Å². The second kappa shape index (κ2) is 7.38. The van der Waals surface area contributed by atoms with Crippen LogP contribution in [0.15, 0.2) is 22.7 Å². The summed E-state index contributed by atoms with van der Waals surface area (Å²) in [5.41, 5.74) is 1.11. The summed E-state index contributed by atoms with van der Waals surface area (Å²) in [6.45, 7) is 2.69. The smallest absolute Gasteiger partial charge is 0.344 e. The van der Waals surface area contributed by atoms with Gasteiger partial charge in [-0.1, -0.05) is 19.4 Å². The van der Waals surface area contributed by atoms with Crippen LogP contribution >= 0.6 is 15.9 Å². The number of carboxylic acid groups (broad SMARTS) is 1. The zero-order chi connectivity index (χ0) is 13.5. The molecule has 0 saturated carbocycles. The van der Waals surface area contributed by atoms with Crippen LogP contribution in [0.2, 0.25) is 0 Å². The van der Waals surface area contributed by atoms with Crippen LogP contribution in [-0.4, -0.2) is 24.2 Å². The monoisotopic (exact) mass is 315 g/mol. The third-order valence-corrected chi connectivity index (χ3v) is 3.09. The highest BCUT2D eigenvalue weighted by atomic mass is 79.9. The Balaban J connectivity index is 2.80. The molecule has 0 spiro atoms. The van der Waals surface area contributed by atoms with Crippen molar-refractivity contribution < 1.29 is 14.6 Å². The number of hydrogen-bond donors (Lipinski definition) is 2. The number of carbonyl (C=O) groups is 1. The molecule has 0 radical (unpaired) electrons. The van der Waals surface area contributed by atoms with E-state index in [9.17, 15) is 4.79 Å². The lowest BCUT2D eigenvalue weighted by molar-refractivity contribution is -0.145. The van der Waals surface area contributed by atoms with Crippen molar-refractivity contribution in [2.45, 2.75) is 32.4 Å². The summed E-state index contributed by atoms with van der Waals surface area (Å²) < 4.78 is 6.29. The van der Waals surface area contributed by atoms with Gasteiger partial charge in [0.15, 0.2) is 6.10 Å². The van der Waals surface area contributed by atoms with Crippen LogP contribution in [0.1, 0.15) is 25.3 Å². The van der Waals surface area contributed by atoms with Crippen molar-refractivity contribution in [1.82, 2.24) is 5.32 Å². The first kappa shape index (κ1) is 15.0. The molecule has 0 heterocycles. The second-order valence-electron chi connectivity index (χ2n) is 4.03. The summed E-state index contributed by atoms with van der Waals surface area (Å²) in [6.07, 6.45) is 0.480. The van der Waals surface area contributed by atoms with Gasteiger partial charge in [0.2, 0.25) is 0 Å². The third-order valence-electron chi connectivity index (χ3n) is 2.47. The maximum Gasteiger partial charge on any atom is 0.344 e. The quantitative estimate of drug-likeness (QED) is 0.812. The highest BCUT2D eigenvalue weighted by Gasteiger charge is 2.19. The van der Waals surface area contributed by atoms with Gasteiger partial charge >= 0.3 is 5.97 Å². The molecule has 0 bridgehead atoms. The fourth-order valence-electron chi connectivity index (χ4n) is 1.60. The Bertz CT molecular complexity index is 409. The molecule has 1 rings (SSSR count). The molecular formula is C13H18BrNO3. The van der Waals surface area contributed by atoms with Crippen LogP contribution in [0.5, 0.6) is 5.75 Å². The number of ether oxygens (including phenoxy) is 1. The zero-order valence-electron chi connectivity index (χ0n) is 10.6. The van der Waals surface area contributed by atoms with Crippen molar-refractivity contribution >= 4 is 21.9 Å². The number of hydrogen-bond acceptors (Lipinski definition) is 3. The summed E-state index contributed by atoms with van der Waals surface area (Å²) >= 11 is 3.40. The van der Waals surface area contributed by atoms with Crippen molar-refractivity contribution in [3.8, 4) is 5.75 Å². The number of rotatable bonds is 7. The second-order valence-corrected chi connectivity index (χ2v) is 4.88. The van der Waals surface area contributed by atoms with Crippen LogP contribution in [-0.2, 0) is 11.3 Å².